The Morgan fingerprint density at radius 2 is 1.27 bits per heavy atom. The van der Waals surface area contributed by atoms with Crippen molar-refractivity contribution in [1.29, 1.82) is 0 Å². The molecule has 6 rings (SSSR count). The van der Waals surface area contributed by atoms with Gasteiger partial charge in [0.2, 0.25) is 0 Å². The minimum absolute atomic E-state index is 1.08. The zero-order valence-electron chi connectivity index (χ0n) is 29.5. The van der Waals surface area contributed by atoms with E-state index in [4.69, 9.17) is 0 Å². The molecule has 0 aliphatic carbocycles. The van der Waals surface area contributed by atoms with Crippen molar-refractivity contribution in [2.75, 3.05) is 10.6 Å². The maximum absolute atomic E-state index is 3.56. The summed E-state index contributed by atoms with van der Waals surface area (Å²) < 4.78 is 2.35. The number of aromatic nitrogens is 1. The Labute approximate surface area is 292 Å². The van der Waals surface area contributed by atoms with Gasteiger partial charge in [0.15, 0.2) is 0 Å². The summed E-state index contributed by atoms with van der Waals surface area (Å²) in [5.74, 6) is 0. The fraction of sp³-hybridized carbons (Fsp3) is 0.130. The van der Waals surface area contributed by atoms with E-state index >= 15 is 0 Å². The molecule has 0 saturated carbocycles. The molecule has 0 unspecified atom stereocenters. The summed E-state index contributed by atoms with van der Waals surface area (Å²) >= 11 is 0. The first-order valence-corrected chi connectivity index (χ1v) is 17.2. The zero-order valence-corrected chi connectivity index (χ0v) is 29.5. The Balaban J connectivity index is 0.00000230. The number of hydrogen-bond donors (Lipinski definition) is 2. The molecule has 3 nitrogen and oxygen atoms in total. The number of para-hydroxylation sites is 1. The van der Waals surface area contributed by atoms with Gasteiger partial charge in [0.25, 0.3) is 0 Å². The van der Waals surface area contributed by atoms with Gasteiger partial charge in [0.1, 0.15) is 0 Å². The molecule has 0 spiro atoms. The van der Waals surface area contributed by atoms with E-state index in [2.05, 4.69) is 176 Å². The Morgan fingerprint density at radius 1 is 0.551 bits per heavy atom. The fourth-order valence-electron chi connectivity index (χ4n) is 6.16. The van der Waals surface area contributed by atoms with Gasteiger partial charge in [-0.15, -0.1) is 0 Å². The lowest BCUT2D eigenvalue weighted by Crippen LogP contribution is -1.96. The second kappa shape index (κ2) is 16.9. The van der Waals surface area contributed by atoms with Crippen LogP contribution in [0.1, 0.15) is 49.9 Å². The standard InChI is InChI=1S/C44H41N3.C2H6/c1-5-16-34-26-24-32(3)30-37(34)43-35(18-14-21-39(43)45-28-6-2)17-10-7-8-13-29-46-40-22-15-23-42-44(40)38-31-33(4)25-27-41(38)47(42)36-19-11-9-12-20-36;1-2/h5-31,45-46H,1-4H3;1-2H3/b8-7-,16-5-,17-10-,28-6+,29-13+;. The van der Waals surface area contributed by atoms with E-state index in [9.17, 15) is 0 Å². The van der Waals surface area contributed by atoms with Crippen molar-refractivity contribution in [1.82, 2.24) is 4.57 Å². The van der Waals surface area contributed by atoms with Gasteiger partial charge in [0, 0.05) is 39.6 Å². The van der Waals surface area contributed by atoms with Crippen LogP contribution in [0.5, 0.6) is 0 Å². The van der Waals surface area contributed by atoms with Crippen molar-refractivity contribution in [3.05, 3.63) is 174 Å². The quantitative estimate of drug-likeness (QED) is 0.146. The summed E-state index contributed by atoms with van der Waals surface area (Å²) in [6.07, 6.45) is 20.7. The smallest absolute Gasteiger partial charge is 0.0562 e. The highest BCUT2D eigenvalue weighted by molar-refractivity contribution is 6.15. The first kappa shape index (κ1) is 34.5. The van der Waals surface area contributed by atoms with E-state index in [-0.39, 0.29) is 0 Å². The summed E-state index contributed by atoms with van der Waals surface area (Å²) in [5, 5.41) is 9.51. The zero-order chi connectivity index (χ0) is 34.6. The fourth-order valence-corrected chi connectivity index (χ4v) is 6.16. The number of nitrogens with one attached hydrogen (secondary N) is 2. The molecule has 1 heterocycles. The van der Waals surface area contributed by atoms with Crippen LogP contribution in [0.4, 0.5) is 11.4 Å². The molecular formula is C46H47N3. The summed E-state index contributed by atoms with van der Waals surface area (Å²) in [6.45, 7) is 12.4. The molecule has 0 aliphatic rings. The van der Waals surface area contributed by atoms with Crippen molar-refractivity contribution < 1.29 is 0 Å². The first-order valence-electron chi connectivity index (χ1n) is 17.2. The van der Waals surface area contributed by atoms with Crippen LogP contribution < -0.4 is 10.6 Å². The number of fused-ring (bicyclic) bond motifs is 3. The predicted molar refractivity (Wildman–Crippen MR) is 218 cm³/mol. The van der Waals surface area contributed by atoms with Gasteiger partial charge >= 0.3 is 0 Å². The minimum Gasteiger partial charge on any atom is -0.361 e. The molecule has 0 atom stereocenters. The molecule has 5 aromatic carbocycles. The lowest BCUT2D eigenvalue weighted by atomic mass is 9.92. The highest BCUT2D eigenvalue weighted by atomic mass is 15.0. The lowest BCUT2D eigenvalue weighted by Gasteiger charge is -2.16. The molecule has 0 radical (unpaired) electrons. The predicted octanol–water partition coefficient (Wildman–Crippen LogP) is 13.3. The molecule has 0 amide bonds. The summed E-state index contributed by atoms with van der Waals surface area (Å²) in [4.78, 5) is 0. The lowest BCUT2D eigenvalue weighted by molar-refractivity contribution is 1.18. The van der Waals surface area contributed by atoms with Crippen molar-refractivity contribution in [2.24, 2.45) is 0 Å². The van der Waals surface area contributed by atoms with Crippen LogP contribution in [-0.2, 0) is 0 Å². The Morgan fingerprint density at radius 3 is 2.06 bits per heavy atom. The maximum Gasteiger partial charge on any atom is 0.0562 e. The number of anilines is 2. The van der Waals surface area contributed by atoms with Crippen LogP contribution >= 0.6 is 0 Å². The Hall–Kier alpha value is -5.80. The van der Waals surface area contributed by atoms with Crippen molar-refractivity contribution in [2.45, 2.75) is 41.5 Å². The van der Waals surface area contributed by atoms with E-state index in [0.29, 0.717) is 0 Å². The first-order chi connectivity index (χ1) is 24.1. The average molecular weight is 642 g/mol. The third kappa shape index (κ3) is 7.85. The largest absolute Gasteiger partial charge is 0.361 e. The molecule has 246 valence electrons. The van der Waals surface area contributed by atoms with Crippen LogP contribution in [0, 0.1) is 13.8 Å². The molecule has 0 fully saturated rings. The molecule has 0 aliphatic heterocycles. The number of benzene rings is 5. The molecule has 2 N–H and O–H groups in total. The monoisotopic (exact) mass is 641 g/mol. The minimum atomic E-state index is 1.08. The maximum atomic E-state index is 3.56. The molecule has 1 aromatic heterocycles. The van der Waals surface area contributed by atoms with Crippen LogP contribution in [-0.4, -0.2) is 4.57 Å². The van der Waals surface area contributed by atoms with E-state index in [0.717, 1.165) is 22.6 Å². The van der Waals surface area contributed by atoms with E-state index in [1.165, 1.54) is 49.6 Å². The summed E-state index contributed by atoms with van der Waals surface area (Å²) in [7, 11) is 0. The van der Waals surface area contributed by atoms with Gasteiger partial charge in [-0.05, 0) is 99.1 Å². The van der Waals surface area contributed by atoms with Gasteiger partial charge in [-0.3, -0.25) is 0 Å². The molecule has 3 heteroatoms. The number of nitrogens with zero attached hydrogens (tertiary/aromatic N) is 1. The highest BCUT2D eigenvalue weighted by Gasteiger charge is 2.15. The molecular weight excluding hydrogens is 595 g/mol. The van der Waals surface area contributed by atoms with Crippen LogP contribution in [0.3, 0.4) is 0 Å². The van der Waals surface area contributed by atoms with E-state index in [1.807, 2.05) is 45.3 Å². The van der Waals surface area contributed by atoms with Crippen LogP contribution in [0.15, 0.2) is 152 Å². The molecule has 0 bridgehead atoms. The Kier molecular flexibility index (Phi) is 11.9. The van der Waals surface area contributed by atoms with Gasteiger partial charge in [-0.1, -0.05) is 128 Å². The van der Waals surface area contributed by atoms with E-state index in [1.54, 1.807) is 0 Å². The van der Waals surface area contributed by atoms with Crippen molar-refractivity contribution in [3.63, 3.8) is 0 Å². The SMILES string of the molecule is C/C=C\c1ccc(C)cc1-c1c(\C=C/C=C\C=C\Nc2cccc3c2c2cc(C)ccc2n3-c2ccccc2)cccc1N/C=C/C.CC. The third-order valence-electron chi connectivity index (χ3n) is 8.23. The highest BCUT2D eigenvalue weighted by Crippen LogP contribution is 2.38. The number of allylic oxidation sites excluding steroid dienone is 6. The van der Waals surface area contributed by atoms with Gasteiger partial charge < -0.3 is 15.2 Å². The van der Waals surface area contributed by atoms with Gasteiger partial charge in [-0.25, -0.2) is 0 Å². The van der Waals surface area contributed by atoms with E-state index < -0.39 is 0 Å². The topological polar surface area (TPSA) is 29.0 Å². The molecule has 0 saturated heterocycles. The van der Waals surface area contributed by atoms with Crippen molar-refractivity contribution in [3.8, 4) is 16.8 Å². The van der Waals surface area contributed by atoms with Crippen LogP contribution in [0.25, 0.3) is 50.8 Å². The third-order valence-corrected chi connectivity index (χ3v) is 8.23. The number of rotatable bonds is 10. The van der Waals surface area contributed by atoms with Gasteiger partial charge in [-0.2, -0.15) is 0 Å². The normalized spacial score (nSPS) is 11.9. The van der Waals surface area contributed by atoms with Gasteiger partial charge in [0.05, 0.1) is 11.0 Å². The van der Waals surface area contributed by atoms with Crippen molar-refractivity contribution >= 4 is 45.3 Å². The summed E-state index contributed by atoms with van der Waals surface area (Å²) in [5.41, 5.74) is 12.9. The number of aryl methyl sites for hydroxylation is 2. The molecule has 6 aromatic rings. The number of hydrogen-bond acceptors (Lipinski definition) is 2. The molecule has 49 heavy (non-hydrogen) atoms. The second-order valence-corrected chi connectivity index (χ2v) is 11.6. The van der Waals surface area contributed by atoms with Crippen LogP contribution in [0.2, 0.25) is 0 Å². The Bertz CT molecular complexity index is 2170. The summed E-state index contributed by atoms with van der Waals surface area (Å²) in [6, 6.07) is 36.8. The average Bonchev–Trinajstić information content (AvgIpc) is 3.46. The second-order valence-electron chi connectivity index (χ2n) is 11.6.